The first-order valence-electron chi connectivity index (χ1n) is 5.17. The molecule has 1 saturated carbocycles. The van der Waals surface area contributed by atoms with Crippen molar-refractivity contribution in [2.75, 3.05) is 5.43 Å². The third-order valence-electron chi connectivity index (χ3n) is 2.67. The van der Waals surface area contributed by atoms with Crippen LogP contribution in [-0.2, 0) is 10.0 Å². The molecule has 1 aliphatic rings. The minimum Gasteiger partial charge on any atom is -0.307 e. The van der Waals surface area contributed by atoms with Gasteiger partial charge in [0, 0.05) is 16.7 Å². The summed E-state index contributed by atoms with van der Waals surface area (Å²) in [5.74, 6) is 5.39. The van der Waals surface area contributed by atoms with Crippen LogP contribution in [0, 0.1) is 0 Å². The fraction of sp³-hybridized carbons (Fsp3) is 0.444. The van der Waals surface area contributed by atoms with E-state index in [2.05, 4.69) is 31.1 Å². The maximum Gasteiger partial charge on any atom is 0.244 e. The Kier molecular flexibility index (Phi) is 3.67. The second kappa shape index (κ2) is 4.89. The van der Waals surface area contributed by atoms with E-state index in [9.17, 15) is 8.42 Å². The summed E-state index contributed by atoms with van der Waals surface area (Å²) in [6.45, 7) is 0. The molecular formula is C9H13BrN4O2S. The molecule has 17 heavy (non-hydrogen) atoms. The lowest BCUT2D eigenvalue weighted by molar-refractivity contribution is 0.383. The van der Waals surface area contributed by atoms with Gasteiger partial charge < -0.3 is 5.43 Å². The molecule has 0 atom stereocenters. The molecule has 1 aromatic heterocycles. The molecule has 94 valence electrons. The lowest BCUT2D eigenvalue weighted by Crippen LogP contribution is -2.39. The molecule has 6 nitrogen and oxygen atoms in total. The summed E-state index contributed by atoms with van der Waals surface area (Å²) in [5.41, 5.74) is 2.29. The highest BCUT2D eigenvalue weighted by atomic mass is 79.9. The first-order chi connectivity index (χ1) is 8.03. The van der Waals surface area contributed by atoms with Gasteiger partial charge in [0.05, 0.1) is 0 Å². The van der Waals surface area contributed by atoms with Crippen LogP contribution in [0.15, 0.2) is 21.6 Å². The molecule has 0 bridgehead atoms. The van der Waals surface area contributed by atoms with Crippen molar-refractivity contribution in [3.63, 3.8) is 0 Å². The largest absolute Gasteiger partial charge is 0.307 e. The first-order valence-corrected chi connectivity index (χ1v) is 7.45. The molecule has 0 amide bonds. The molecular weight excluding hydrogens is 308 g/mol. The first kappa shape index (κ1) is 12.7. The molecule has 4 N–H and O–H groups in total. The molecule has 1 fully saturated rings. The predicted octanol–water partition coefficient (Wildman–Crippen LogP) is 0.960. The van der Waals surface area contributed by atoms with Crippen molar-refractivity contribution in [3.8, 4) is 0 Å². The summed E-state index contributed by atoms with van der Waals surface area (Å²) in [6, 6.07) is 1.51. The molecule has 0 saturated heterocycles. The van der Waals surface area contributed by atoms with Gasteiger partial charge in [-0.1, -0.05) is 6.42 Å². The van der Waals surface area contributed by atoms with Crippen molar-refractivity contribution < 1.29 is 8.42 Å². The molecule has 1 aromatic rings. The minimum absolute atomic E-state index is 0.0320. The molecule has 1 aliphatic carbocycles. The van der Waals surface area contributed by atoms with Crippen LogP contribution >= 0.6 is 15.9 Å². The maximum atomic E-state index is 12.1. The SMILES string of the molecule is NNc1ncc(Br)cc1S(=O)(=O)NC1CCC1. The van der Waals surface area contributed by atoms with E-state index in [0.29, 0.717) is 4.47 Å². The van der Waals surface area contributed by atoms with Gasteiger partial charge in [-0.15, -0.1) is 0 Å². The topological polar surface area (TPSA) is 97.1 Å². The van der Waals surface area contributed by atoms with E-state index in [1.807, 2.05) is 0 Å². The summed E-state index contributed by atoms with van der Waals surface area (Å²) in [7, 11) is -3.57. The summed E-state index contributed by atoms with van der Waals surface area (Å²) in [6.07, 6.45) is 4.31. The van der Waals surface area contributed by atoms with E-state index >= 15 is 0 Å². The zero-order valence-corrected chi connectivity index (χ0v) is 11.4. The summed E-state index contributed by atoms with van der Waals surface area (Å²) >= 11 is 3.19. The van der Waals surface area contributed by atoms with Crippen molar-refractivity contribution in [3.05, 3.63) is 16.7 Å². The molecule has 0 radical (unpaired) electrons. The van der Waals surface area contributed by atoms with Gasteiger partial charge in [0.15, 0.2) is 5.82 Å². The van der Waals surface area contributed by atoms with Crippen molar-refractivity contribution in [1.29, 1.82) is 0 Å². The zero-order chi connectivity index (χ0) is 12.5. The number of nitrogen functional groups attached to an aromatic ring is 1. The summed E-state index contributed by atoms with van der Waals surface area (Å²) in [4.78, 5) is 3.97. The average molecular weight is 321 g/mol. The van der Waals surface area contributed by atoms with Gasteiger partial charge in [-0.3, -0.25) is 0 Å². The van der Waals surface area contributed by atoms with E-state index < -0.39 is 10.0 Å². The van der Waals surface area contributed by atoms with Gasteiger partial charge in [-0.25, -0.2) is 24.0 Å². The minimum atomic E-state index is -3.57. The highest BCUT2D eigenvalue weighted by molar-refractivity contribution is 9.10. The number of sulfonamides is 1. The molecule has 0 spiro atoms. The Bertz CT molecular complexity index is 516. The predicted molar refractivity (Wildman–Crippen MR) is 67.7 cm³/mol. The van der Waals surface area contributed by atoms with Crippen molar-refractivity contribution in [1.82, 2.24) is 9.71 Å². The van der Waals surface area contributed by atoms with Crippen LogP contribution in [0.1, 0.15) is 19.3 Å². The van der Waals surface area contributed by atoms with E-state index in [1.165, 1.54) is 12.3 Å². The number of pyridine rings is 1. The van der Waals surface area contributed by atoms with Crippen LogP contribution in [0.2, 0.25) is 0 Å². The lowest BCUT2D eigenvalue weighted by Gasteiger charge is -2.26. The van der Waals surface area contributed by atoms with Gasteiger partial charge in [0.2, 0.25) is 10.0 Å². The standard InChI is InChI=1S/C9H13BrN4O2S/c10-6-4-8(9(13-11)12-5-6)17(15,16)14-7-2-1-3-7/h4-5,7,14H,1-3,11H2,(H,12,13). The molecule has 0 unspecified atom stereocenters. The van der Waals surface area contributed by atoms with Crippen LogP contribution in [0.5, 0.6) is 0 Å². The normalized spacial score (nSPS) is 16.6. The maximum absolute atomic E-state index is 12.1. The smallest absolute Gasteiger partial charge is 0.244 e. The van der Waals surface area contributed by atoms with Crippen LogP contribution in [0.25, 0.3) is 0 Å². The Morgan fingerprint density at radius 3 is 2.71 bits per heavy atom. The van der Waals surface area contributed by atoms with Crippen molar-refractivity contribution in [2.45, 2.75) is 30.2 Å². The van der Waals surface area contributed by atoms with Gasteiger partial charge in [0.1, 0.15) is 4.90 Å². The van der Waals surface area contributed by atoms with Gasteiger partial charge in [-0.2, -0.15) is 0 Å². The second-order valence-corrected chi connectivity index (χ2v) is 6.49. The molecule has 0 aromatic carbocycles. The number of hydrazine groups is 1. The van der Waals surface area contributed by atoms with Gasteiger partial charge in [-0.05, 0) is 34.8 Å². The summed E-state index contributed by atoms with van der Waals surface area (Å²) < 4.78 is 27.4. The third-order valence-corrected chi connectivity index (χ3v) is 4.64. The van der Waals surface area contributed by atoms with Crippen LogP contribution in [0.4, 0.5) is 5.82 Å². The van der Waals surface area contributed by atoms with Crippen molar-refractivity contribution >= 4 is 31.8 Å². The Balaban J connectivity index is 2.33. The number of aromatic nitrogens is 1. The summed E-state index contributed by atoms with van der Waals surface area (Å²) in [5, 5.41) is 0. The monoisotopic (exact) mass is 320 g/mol. The number of halogens is 1. The third kappa shape index (κ3) is 2.76. The van der Waals surface area contributed by atoms with Crippen LogP contribution in [-0.4, -0.2) is 19.4 Å². The number of nitrogens with two attached hydrogens (primary N) is 1. The lowest BCUT2D eigenvalue weighted by atomic mass is 9.94. The number of rotatable bonds is 4. The molecule has 2 rings (SSSR count). The highest BCUT2D eigenvalue weighted by Crippen LogP contribution is 2.25. The van der Waals surface area contributed by atoms with Gasteiger partial charge in [0.25, 0.3) is 0 Å². The van der Waals surface area contributed by atoms with E-state index in [0.717, 1.165) is 19.3 Å². The average Bonchev–Trinajstić information content (AvgIpc) is 2.24. The Labute approximate surface area is 108 Å². The Morgan fingerprint density at radius 1 is 1.47 bits per heavy atom. The molecule has 1 heterocycles. The van der Waals surface area contributed by atoms with Crippen LogP contribution in [0.3, 0.4) is 0 Å². The zero-order valence-electron chi connectivity index (χ0n) is 8.98. The number of hydrogen-bond donors (Lipinski definition) is 3. The second-order valence-electron chi connectivity index (χ2n) is 3.89. The Hall–Kier alpha value is -0.700. The Morgan fingerprint density at radius 2 is 2.18 bits per heavy atom. The number of nitrogens with zero attached hydrogens (tertiary/aromatic N) is 1. The van der Waals surface area contributed by atoms with Gasteiger partial charge >= 0.3 is 0 Å². The van der Waals surface area contributed by atoms with E-state index in [-0.39, 0.29) is 16.8 Å². The molecule has 8 heteroatoms. The quantitative estimate of drug-likeness (QED) is 0.567. The fourth-order valence-corrected chi connectivity index (χ4v) is 3.48. The van der Waals surface area contributed by atoms with E-state index in [1.54, 1.807) is 0 Å². The highest BCUT2D eigenvalue weighted by Gasteiger charge is 2.27. The molecule has 0 aliphatic heterocycles. The fourth-order valence-electron chi connectivity index (χ4n) is 1.54. The van der Waals surface area contributed by atoms with E-state index in [4.69, 9.17) is 5.84 Å². The van der Waals surface area contributed by atoms with Crippen LogP contribution < -0.4 is 16.0 Å². The number of anilines is 1. The number of nitrogens with one attached hydrogen (secondary N) is 2. The van der Waals surface area contributed by atoms with Crippen molar-refractivity contribution in [2.24, 2.45) is 5.84 Å². The number of hydrogen-bond acceptors (Lipinski definition) is 5.